The van der Waals surface area contributed by atoms with Gasteiger partial charge in [-0.1, -0.05) is 0 Å². The number of esters is 1. The number of pyridine rings is 1. The molecule has 2 rings (SSSR count). The summed E-state index contributed by atoms with van der Waals surface area (Å²) in [4.78, 5) is 18.3. The lowest BCUT2D eigenvalue weighted by molar-refractivity contribution is -0.0117. The van der Waals surface area contributed by atoms with Crippen LogP contribution in [0.3, 0.4) is 0 Å². The number of nitrogen functional groups attached to an aromatic ring is 1. The monoisotopic (exact) mass is 294 g/mol. The molecule has 21 heavy (non-hydrogen) atoms. The molecule has 1 aliphatic rings. The lowest BCUT2D eigenvalue weighted by Gasteiger charge is -2.30. The Morgan fingerprint density at radius 1 is 1.67 bits per heavy atom. The van der Waals surface area contributed by atoms with Crippen LogP contribution in [-0.2, 0) is 9.47 Å². The fraction of sp³-hybridized carbons (Fsp3) is 0.571. The number of hydrogen-bond acceptors (Lipinski definition) is 7. The zero-order valence-corrected chi connectivity index (χ0v) is 12.5. The highest BCUT2D eigenvalue weighted by Gasteiger charge is 2.19. The predicted molar refractivity (Wildman–Crippen MR) is 80.3 cm³/mol. The number of rotatable bonds is 5. The molecule has 0 spiro atoms. The number of hydrogen-bond donors (Lipinski definition) is 2. The lowest BCUT2D eigenvalue weighted by atomic mass is 10.2. The van der Waals surface area contributed by atoms with Gasteiger partial charge >= 0.3 is 5.97 Å². The summed E-state index contributed by atoms with van der Waals surface area (Å²) in [6, 6.07) is 1.57. The van der Waals surface area contributed by atoms with E-state index in [9.17, 15) is 4.79 Å². The van der Waals surface area contributed by atoms with Gasteiger partial charge in [0.25, 0.3) is 0 Å². The van der Waals surface area contributed by atoms with Gasteiger partial charge in [0.15, 0.2) is 0 Å². The molecule has 1 aliphatic heterocycles. The summed E-state index contributed by atoms with van der Waals surface area (Å²) < 4.78 is 10.7. The first-order chi connectivity index (χ1) is 10.1. The first-order valence-corrected chi connectivity index (χ1v) is 7.06. The smallest absolute Gasteiger partial charge is 0.341 e. The molecule has 1 aromatic rings. The third-order valence-corrected chi connectivity index (χ3v) is 3.24. The summed E-state index contributed by atoms with van der Waals surface area (Å²) in [7, 11) is 2.06. The van der Waals surface area contributed by atoms with E-state index in [-0.39, 0.29) is 6.10 Å². The number of carbonyl (C=O) groups excluding carboxylic acids is 1. The number of carbonyl (C=O) groups is 1. The highest BCUT2D eigenvalue weighted by atomic mass is 16.5. The summed E-state index contributed by atoms with van der Waals surface area (Å²) in [5, 5.41) is 3.15. The van der Waals surface area contributed by atoms with Crippen molar-refractivity contribution in [1.29, 1.82) is 0 Å². The van der Waals surface area contributed by atoms with E-state index >= 15 is 0 Å². The van der Waals surface area contributed by atoms with Crippen LogP contribution >= 0.6 is 0 Å². The van der Waals surface area contributed by atoms with Crippen molar-refractivity contribution in [2.75, 3.05) is 50.9 Å². The van der Waals surface area contributed by atoms with E-state index in [4.69, 9.17) is 15.2 Å². The molecule has 0 amide bonds. The zero-order chi connectivity index (χ0) is 15.2. The van der Waals surface area contributed by atoms with E-state index in [0.717, 1.165) is 13.1 Å². The van der Waals surface area contributed by atoms with Crippen LogP contribution in [0.2, 0.25) is 0 Å². The van der Waals surface area contributed by atoms with Crippen molar-refractivity contribution in [3.05, 3.63) is 17.8 Å². The number of nitrogens with zero attached hydrogens (tertiary/aromatic N) is 2. The SMILES string of the molecule is CCOC(=O)c1cc(N)cnc1NCC1CN(C)CCO1. The Morgan fingerprint density at radius 3 is 3.19 bits per heavy atom. The summed E-state index contributed by atoms with van der Waals surface area (Å²) in [5.41, 5.74) is 6.47. The maximum Gasteiger partial charge on any atom is 0.341 e. The molecule has 0 aromatic carbocycles. The van der Waals surface area contributed by atoms with Gasteiger partial charge in [-0.2, -0.15) is 0 Å². The average molecular weight is 294 g/mol. The third-order valence-electron chi connectivity index (χ3n) is 3.24. The fourth-order valence-corrected chi connectivity index (χ4v) is 2.19. The summed E-state index contributed by atoms with van der Waals surface area (Å²) in [6.45, 7) is 5.14. The highest BCUT2D eigenvalue weighted by molar-refractivity contribution is 5.95. The number of likely N-dealkylation sites (N-methyl/N-ethyl adjacent to an activating group) is 1. The third kappa shape index (κ3) is 4.30. The van der Waals surface area contributed by atoms with Gasteiger partial charge in [0, 0.05) is 19.6 Å². The van der Waals surface area contributed by atoms with Crippen molar-refractivity contribution in [1.82, 2.24) is 9.88 Å². The van der Waals surface area contributed by atoms with Crippen LogP contribution in [0.4, 0.5) is 11.5 Å². The summed E-state index contributed by atoms with van der Waals surface area (Å²) in [5.74, 6) is 0.0426. The summed E-state index contributed by atoms with van der Waals surface area (Å²) in [6.07, 6.45) is 1.58. The van der Waals surface area contributed by atoms with Crippen molar-refractivity contribution in [3.63, 3.8) is 0 Å². The van der Waals surface area contributed by atoms with E-state index in [1.165, 1.54) is 6.20 Å². The topological polar surface area (TPSA) is 89.7 Å². The minimum atomic E-state index is -0.429. The molecule has 0 aliphatic carbocycles. The Kier molecular flexibility index (Phi) is 5.35. The second kappa shape index (κ2) is 7.24. The molecule has 0 bridgehead atoms. The quantitative estimate of drug-likeness (QED) is 0.768. The van der Waals surface area contributed by atoms with Crippen LogP contribution in [0.1, 0.15) is 17.3 Å². The Hall–Kier alpha value is -1.86. The number of ether oxygens (including phenoxy) is 2. The van der Waals surface area contributed by atoms with Gasteiger partial charge in [-0.05, 0) is 20.0 Å². The minimum Gasteiger partial charge on any atom is -0.462 e. The van der Waals surface area contributed by atoms with Crippen LogP contribution in [0.25, 0.3) is 0 Å². The molecule has 1 unspecified atom stereocenters. The normalized spacial score (nSPS) is 19.2. The van der Waals surface area contributed by atoms with Gasteiger partial charge < -0.3 is 25.4 Å². The molecule has 1 atom stereocenters. The van der Waals surface area contributed by atoms with Gasteiger partial charge in [-0.15, -0.1) is 0 Å². The van der Waals surface area contributed by atoms with Gasteiger partial charge in [-0.3, -0.25) is 0 Å². The van der Waals surface area contributed by atoms with Gasteiger partial charge in [0.05, 0.1) is 31.2 Å². The Morgan fingerprint density at radius 2 is 2.48 bits per heavy atom. The average Bonchev–Trinajstić information content (AvgIpc) is 2.46. The zero-order valence-electron chi connectivity index (χ0n) is 12.5. The molecule has 1 saturated heterocycles. The molecule has 1 fully saturated rings. The highest BCUT2D eigenvalue weighted by Crippen LogP contribution is 2.17. The fourth-order valence-electron chi connectivity index (χ4n) is 2.19. The number of aromatic nitrogens is 1. The Bertz CT molecular complexity index is 495. The maximum atomic E-state index is 11.9. The molecule has 2 heterocycles. The number of morpholine rings is 1. The van der Waals surface area contributed by atoms with Gasteiger partial charge in [0.1, 0.15) is 11.4 Å². The molecule has 7 heteroatoms. The van der Waals surface area contributed by atoms with Crippen molar-refractivity contribution in [2.24, 2.45) is 0 Å². The molecule has 7 nitrogen and oxygen atoms in total. The van der Waals surface area contributed by atoms with E-state index in [1.54, 1.807) is 13.0 Å². The second-order valence-electron chi connectivity index (χ2n) is 5.02. The number of nitrogens with two attached hydrogens (primary N) is 1. The van der Waals surface area contributed by atoms with Crippen molar-refractivity contribution >= 4 is 17.5 Å². The molecular weight excluding hydrogens is 272 g/mol. The summed E-state index contributed by atoms with van der Waals surface area (Å²) >= 11 is 0. The Balaban J connectivity index is 2.03. The number of nitrogens with one attached hydrogen (secondary N) is 1. The molecule has 116 valence electrons. The van der Waals surface area contributed by atoms with Crippen LogP contribution in [0.15, 0.2) is 12.3 Å². The molecule has 3 N–H and O–H groups in total. The molecule has 0 radical (unpaired) electrons. The minimum absolute atomic E-state index is 0.0677. The van der Waals surface area contributed by atoms with Gasteiger partial charge in [0.2, 0.25) is 0 Å². The van der Waals surface area contributed by atoms with Crippen LogP contribution < -0.4 is 11.1 Å². The van der Waals surface area contributed by atoms with Crippen LogP contribution in [0, 0.1) is 0 Å². The van der Waals surface area contributed by atoms with E-state index in [2.05, 4.69) is 22.2 Å². The molecule has 0 saturated carbocycles. The first-order valence-electron chi connectivity index (χ1n) is 7.06. The molecular formula is C14H22N4O3. The largest absolute Gasteiger partial charge is 0.462 e. The van der Waals surface area contributed by atoms with E-state index in [0.29, 0.717) is 36.8 Å². The predicted octanol–water partition coefficient (Wildman–Crippen LogP) is 0.583. The lowest BCUT2D eigenvalue weighted by Crippen LogP contribution is -2.43. The van der Waals surface area contributed by atoms with Crippen molar-refractivity contribution < 1.29 is 14.3 Å². The number of anilines is 2. The van der Waals surface area contributed by atoms with E-state index < -0.39 is 5.97 Å². The van der Waals surface area contributed by atoms with E-state index in [1.807, 2.05) is 0 Å². The molecule has 1 aromatic heterocycles. The van der Waals surface area contributed by atoms with Gasteiger partial charge in [-0.25, -0.2) is 9.78 Å². The van der Waals surface area contributed by atoms with Crippen molar-refractivity contribution in [2.45, 2.75) is 13.0 Å². The Labute approximate surface area is 124 Å². The van der Waals surface area contributed by atoms with Crippen LogP contribution in [0.5, 0.6) is 0 Å². The standard InChI is InChI=1S/C14H22N4O3/c1-3-20-14(19)12-6-10(15)7-16-13(12)17-8-11-9-18(2)4-5-21-11/h6-7,11H,3-5,8-9,15H2,1-2H3,(H,16,17). The maximum absolute atomic E-state index is 11.9. The van der Waals surface area contributed by atoms with Crippen LogP contribution in [-0.4, -0.2) is 61.9 Å². The van der Waals surface area contributed by atoms with Crippen molar-refractivity contribution in [3.8, 4) is 0 Å². The first kappa shape index (κ1) is 15.5. The second-order valence-corrected chi connectivity index (χ2v) is 5.02.